The number of β-lactam (4-membered cyclic amide) rings is 1. The molecule has 0 aromatic heterocycles. The molecule has 1 fully saturated rings. The summed E-state index contributed by atoms with van der Waals surface area (Å²) >= 11 is 0. The number of benzene rings is 2. The number of rotatable bonds is 4. The molecule has 0 aliphatic carbocycles. The van der Waals surface area contributed by atoms with Crippen molar-refractivity contribution >= 4 is 11.6 Å². The summed E-state index contributed by atoms with van der Waals surface area (Å²) in [7, 11) is 1.63. The first-order valence-corrected chi connectivity index (χ1v) is 7.61. The molecule has 2 aromatic carbocycles. The third kappa shape index (κ3) is 2.78. The van der Waals surface area contributed by atoms with Crippen molar-refractivity contribution in [1.29, 1.82) is 0 Å². The van der Waals surface area contributed by atoms with Crippen molar-refractivity contribution in [2.24, 2.45) is 0 Å². The van der Waals surface area contributed by atoms with Crippen LogP contribution < -0.4 is 9.64 Å². The van der Waals surface area contributed by atoms with Crippen molar-refractivity contribution in [2.75, 3.05) is 12.0 Å². The minimum atomic E-state index is -0.0479. The van der Waals surface area contributed by atoms with Crippen molar-refractivity contribution in [3.63, 3.8) is 0 Å². The van der Waals surface area contributed by atoms with Gasteiger partial charge in [-0.3, -0.25) is 9.69 Å². The molecule has 2 aromatic rings. The number of ether oxygens (including phenoxy) is 1. The SMILES string of the molecule is C/C=C/C=C1\C(=O)N(c2ccc(OC)cc2)C1c1ccccc1. The van der Waals surface area contributed by atoms with Gasteiger partial charge in [0.05, 0.1) is 13.2 Å². The fourth-order valence-corrected chi connectivity index (χ4v) is 2.78. The molecular weight excluding hydrogens is 286 g/mol. The molecule has 1 amide bonds. The van der Waals surface area contributed by atoms with Crippen LogP contribution in [0, 0.1) is 0 Å². The number of anilines is 1. The quantitative estimate of drug-likeness (QED) is 0.623. The molecule has 0 saturated carbocycles. The monoisotopic (exact) mass is 305 g/mol. The Morgan fingerprint density at radius 2 is 1.74 bits per heavy atom. The smallest absolute Gasteiger partial charge is 0.257 e. The predicted octanol–water partition coefficient (Wildman–Crippen LogP) is 4.29. The van der Waals surface area contributed by atoms with E-state index in [0.717, 1.165) is 22.6 Å². The maximum absolute atomic E-state index is 12.6. The van der Waals surface area contributed by atoms with E-state index in [1.165, 1.54) is 0 Å². The zero-order valence-electron chi connectivity index (χ0n) is 13.3. The summed E-state index contributed by atoms with van der Waals surface area (Å²) in [5, 5.41) is 0. The summed E-state index contributed by atoms with van der Waals surface area (Å²) in [5.41, 5.74) is 2.80. The van der Waals surface area contributed by atoms with E-state index in [2.05, 4.69) is 12.1 Å². The molecule has 1 saturated heterocycles. The van der Waals surface area contributed by atoms with Gasteiger partial charge in [-0.15, -0.1) is 0 Å². The summed E-state index contributed by atoms with van der Waals surface area (Å²) in [6, 6.07) is 17.6. The molecule has 3 nitrogen and oxygen atoms in total. The number of allylic oxidation sites excluding steroid dienone is 3. The van der Waals surface area contributed by atoms with Gasteiger partial charge in [0.15, 0.2) is 0 Å². The number of nitrogens with zero attached hydrogens (tertiary/aromatic N) is 1. The second-order valence-corrected chi connectivity index (χ2v) is 5.33. The molecule has 1 heterocycles. The van der Waals surface area contributed by atoms with Crippen LogP contribution in [0.5, 0.6) is 5.75 Å². The van der Waals surface area contributed by atoms with Gasteiger partial charge in [-0.25, -0.2) is 0 Å². The Kier molecular flexibility index (Phi) is 4.29. The molecule has 0 radical (unpaired) electrons. The van der Waals surface area contributed by atoms with Gasteiger partial charge in [0, 0.05) is 11.3 Å². The number of hydrogen-bond donors (Lipinski definition) is 0. The Labute approximate surface area is 136 Å². The molecule has 1 aliphatic rings. The molecule has 23 heavy (non-hydrogen) atoms. The van der Waals surface area contributed by atoms with E-state index in [0.29, 0.717) is 0 Å². The fourth-order valence-electron chi connectivity index (χ4n) is 2.78. The van der Waals surface area contributed by atoms with E-state index in [-0.39, 0.29) is 11.9 Å². The molecule has 1 atom stereocenters. The molecule has 3 rings (SSSR count). The molecule has 0 N–H and O–H groups in total. The van der Waals surface area contributed by atoms with Gasteiger partial charge in [0.25, 0.3) is 5.91 Å². The average Bonchev–Trinajstić information content (AvgIpc) is 2.61. The summed E-state index contributed by atoms with van der Waals surface area (Å²) in [6.07, 6.45) is 5.74. The van der Waals surface area contributed by atoms with Crippen molar-refractivity contribution in [3.8, 4) is 5.75 Å². The van der Waals surface area contributed by atoms with Gasteiger partial charge in [-0.05, 0) is 36.8 Å². The van der Waals surface area contributed by atoms with Crippen LogP contribution in [0.3, 0.4) is 0 Å². The fraction of sp³-hybridized carbons (Fsp3) is 0.150. The highest BCUT2D eigenvalue weighted by atomic mass is 16.5. The molecule has 1 aliphatic heterocycles. The van der Waals surface area contributed by atoms with Crippen molar-refractivity contribution < 1.29 is 9.53 Å². The van der Waals surface area contributed by atoms with Gasteiger partial charge in [-0.2, -0.15) is 0 Å². The van der Waals surface area contributed by atoms with Crippen LogP contribution in [0.15, 0.2) is 78.4 Å². The van der Waals surface area contributed by atoms with Crippen LogP contribution in [-0.4, -0.2) is 13.0 Å². The summed E-state index contributed by atoms with van der Waals surface area (Å²) in [4.78, 5) is 14.4. The van der Waals surface area contributed by atoms with E-state index in [1.807, 2.05) is 72.5 Å². The minimum absolute atomic E-state index is 0.0436. The van der Waals surface area contributed by atoms with Gasteiger partial charge >= 0.3 is 0 Å². The van der Waals surface area contributed by atoms with Crippen molar-refractivity contribution in [3.05, 3.63) is 84.0 Å². The maximum Gasteiger partial charge on any atom is 0.257 e. The highest BCUT2D eigenvalue weighted by Gasteiger charge is 2.43. The number of carbonyl (C=O) groups excluding carboxylic acids is 1. The van der Waals surface area contributed by atoms with Crippen molar-refractivity contribution in [1.82, 2.24) is 0 Å². The number of methoxy groups -OCH3 is 1. The highest BCUT2D eigenvalue weighted by molar-refractivity contribution is 6.15. The zero-order chi connectivity index (χ0) is 16.2. The number of amides is 1. The molecule has 0 spiro atoms. The summed E-state index contributed by atoms with van der Waals surface area (Å²) in [5.74, 6) is 0.824. The lowest BCUT2D eigenvalue weighted by atomic mass is 9.87. The lowest BCUT2D eigenvalue weighted by Gasteiger charge is -2.43. The van der Waals surface area contributed by atoms with Crippen LogP contribution >= 0.6 is 0 Å². The Bertz CT molecular complexity index is 745. The molecule has 3 heteroatoms. The lowest BCUT2D eigenvalue weighted by Crippen LogP contribution is -2.49. The van der Waals surface area contributed by atoms with E-state index in [1.54, 1.807) is 7.11 Å². The molecule has 116 valence electrons. The van der Waals surface area contributed by atoms with E-state index < -0.39 is 0 Å². The summed E-state index contributed by atoms with van der Waals surface area (Å²) < 4.78 is 5.19. The largest absolute Gasteiger partial charge is 0.497 e. The highest BCUT2D eigenvalue weighted by Crippen LogP contribution is 2.43. The van der Waals surface area contributed by atoms with Gasteiger partial charge in [0.2, 0.25) is 0 Å². The third-order valence-electron chi connectivity index (χ3n) is 3.95. The first-order valence-electron chi connectivity index (χ1n) is 7.61. The van der Waals surface area contributed by atoms with Crippen molar-refractivity contribution in [2.45, 2.75) is 13.0 Å². The first kappa shape index (κ1) is 15.1. The van der Waals surface area contributed by atoms with Crippen LogP contribution in [-0.2, 0) is 4.79 Å². The Morgan fingerprint density at radius 3 is 2.35 bits per heavy atom. The van der Waals surface area contributed by atoms with Crippen LogP contribution in [0.2, 0.25) is 0 Å². The second kappa shape index (κ2) is 6.53. The summed E-state index contributed by atoms with van der Waals surface area (Å²) in [6.45, 7) is 1.94. The zero-order valence-corrected chi connectivity index (χ0v) is 13.3. The van der Waals surface area contributed by atoms with E-state index in [4.69, 9.17) is 4.74 Å². The number of carbonyl (C=O) groups is 1. The Balaban J connectivity index is 1.99. The number of hydrogen-bond acceptors (Lipinski definition) is 2. The minimum Gasteiger partial charge on any atom is -0.497 e. The topological polar surface area (TPSA) is 29.5 Å². The van der Waals surface area contributed by atoms with Crippen LogP contribution in [0.4, 0.5) is 5.69 Å². The molecule has 0 bridgehead atoms. The third-order valence-corrected chi connectivity index (χ3v) is 3.95. The van der Waals surface area contributed by atoms with Gasteiger partial charge < -0.3 is 4.74 Å². The van der Waals surface area contributed by atoms with E-state index in [9.17, 15) is 4.79 Å². The Hall–Kier alpha value is -2.81. The molecular formula is C20H19NO2. The maximum atomic E-state index is 12.6. The molecule has 1 unspecified atom stereocenters. The normalized spacial score (nSPS) is 19.2. The Morgan fingerprint density at radius 1 is 1.04 bits per heavy atom. The second-order valence-electron chi connectivity index (χ2n) is 5.33. The van der Waals surface area contributed by atoms with Gasteiger partial charge in [0.1, 0.15) is 5.75 Å². The van der Waals surface area contributed by atoms with Gasteiger partial charge in [-0.1, -0.05) is 48.6 Å². The standard InChI is InChI=1S/C20H19NO2/c1-3-4-10-18-19(15-8-6-5-7-9-15)21(20(18)22)16-11-13-17(23-2)14-12-16/h3-14,19H,1-2H3/b4-3+,18-10-. The van der Waals surface area contributed by atoms with E-state index >= 15 is 0 Å². The van der Waals surface area contributed by atoms with Crippen LogP contribution in [0.1, 0.15) is 18.5 Å². The first-order chi connectivity index (χ1) is 11.3. The van der Waals surface area contributed by atoms with Crippen LogP contribution in [0.25, 0.3) is 0 Å². The lowest BCUT2D eigenvalue weighted by molar-refractivity contribution is -0.119. The average molecular weight is 305 g/mol. The predicted molar refractivity (Wildman–Crippen MR) is 92.6 cm³/mol.